The maximum atomic E-state index is 12.8. The first-order valence-electron chi connectivity index (χ1n) is 7.55. The molecule has 0 spiro atoms. The first-order chi connectivity index (χ1) is 10.5. The van der Waals surface area contributed by atoms with Crippen molar-refractivity contribution >= 4 is 11.8 Å². The molecule has 0 aromatic heterocycles. The predicted molar refractivity (Wildman–Crippen MR) is 83.6 cm³/mol. The highest BCUT2D eigenvalue weighted by molar-refractivity contribution is 6.21. The van der Waals surface area contributed by atoms with Crippen LogP contribution in [0.3, 0.4) is 0 Å². The first kappa shape index (κ1) is 13.3. The summed E-state index contributed by atoms with van der Waals surface area (Å²) < 4.78 is 0. The molecule has 0 radical (unpaired) electrons. The van der Waals surface area contributed by atoms with Crippen LogP contribution in [-0.2, 0) is 6.42 Å². The molecule has 0 fully saturated rings. The number of nitrogens with zero attached hydrogens (tertiary/aromatic N) is 1. The van der Waals surface area contributed by atoms with E-state index in [9.17, 15) is 9.59 Å². The standard InChI is InChI=1S/C19H17NO2/c1-19(2)11-12-7-3-4-8-13(12)16(19)20-17(21)14-9-5-6-10-15(14)18(20)22/h3-10,16H,11H2,1-2H3. The zero-order chi connectivity index (χ0) is 15.5. The summed E-state index contributed by atoms with van der Waals surface area (Å²) in [6.45, 7) is 4.25. The Morgan fingerprint density at radius 1 is 0.909 bits per heavy atom. The van der Waals surface area contributed by atoms with Crippen LogP contribution < -0.4 is 0 Å². The van der Waals surface area contributed by atoms with Crippen molar-refractivity contribution in [2.24, 2.45) is 5.41 Å². The summed E-state index contributed by atoms with van der Waals surface area (Å²) in [5.41, 5.74) is 3.22. The van der Waals surface area contributed by atoms with Crippen molar-refractivity contribution in [1.82, 2.24) is 4.90 Å². The molecule has 2 aromatic rings. The van der Waals surface area contributed by atoms with Gasteiger partial charge in [0.2, 0.25) is 0 Å². The minimum Gasteiger partial charge on any atom is -0.269 e. The maximum Gasteiger partial charge on any atom is 0.262 e. The molecule has 2 aliphatic rings. The lowest BCUT2D eigenvalue weighted by atomic mass is 9.84. The molecule has 4 rings (SSSR count). The lowest BCUT2D eigenvalue weighted by Crippen LogP contribution is -2.39. The van der Waals surface area contributed by atoms with Crippen LogP contribution in [0.5, 0.6) is 0 Å². The van der Waals surface area contributed by atoms with Crippen molar-refractivity contribution < 1.29 is 9.59 Å². The Morgan fingerprint density at radius 3 is 2.09 bits per heavy atom. The van der Waals surface area contributed by atoms with Crippen LogP contribution in [-0.4, -0.2) is 16.7 Å². The van der Waals surface area contributed by atoms with Gasteiger partial charge in [0.25, 0.3) is 11.8 Å². The van der Waals surface area contributed by atoms with E-state index in [2.05, 4.69) is 19.9 Å². The summed E-state index contributed by atoms with van der Waals surface area (Å²) in [7, 11) is 0. The van der Waals surface area contributed by atoms with Crippen LogP contribution in [0.1, 0.15) is 51.7 Å². The fraction of sp³-hybridized carbons (Fsp3) is 0.263. The molecule has 1 aliphatic heterocycles. The van der Waals surface area contributed by atoms with Crippen molar-refractivity contribution in [3.8, 4) is 0 Å². The third-order valence-electron chi connectivity index (χ3n) is 4.82. The average molecular weight is 291 g/mol. The second kappa shape index (κ2) is 4.29. The molecule has 0 saturated heterocycles. The van der Waals surface area contributed by atoms with Gasteiger partial charge >= 0.3 is 0 Å². The SMILES string of the molecule is CC1(C)Cc2ccccc2C1N1C(=O)c2ccccc2C1=O. The number of hydrogen-bond acceptors (Lipinski definition) is 2. The molecule has 1 atom stereocenters. The van der Waals surface area contributed by atoms with Gasteiger partial charge in [0, 0.05) is 0 Å². The minimum absolute atomic E-state index is 0.156. The highest BCUT2D eigenvalue weighted by Crippen LogP contribution is 2.50. The second-order valence-electron chi connectivity index (χ2n) is 6.79. The molecule has 0 bridgehead atoms. The number of amides is 2. The first-order valence-corrected chi connectivity index (χ1v) is 7.55. The van der Waals surface area contributed by atoms with Gasteiger partial charge in [0.1, 0.15) is 0 Å². The number of rotatable bonds is 1. The van der Waals surface area contributed by atoms with Crippen LogP contribution in [0, 0.1) is 5.41 Å². The van der Waals surface area contributed by atoms with Gasteiger partial charge in [-0.15, -0.1) is 0 Å². The molecule has 3 nitrogen and oxygen atoms in total. The van der Waals surface area contributed by atoms with E-state index in [0.29, 0.717) is 11.1 Å². The van der Waals surface area contributed by atoms with Gasteiger partial charge in [-0.1, -0.05) is 50.2 Å². The third-order valence-corrected chi connectivity index (χ3v) is 4.82. The molecule has 2 aromatic carbocycles. The second-order valence-corrected chi connectivity index (χ2v) is 6.79. The van der Waals surface area contributed by atoms with Gasteiger partial charge in [0.15, 0.2) is 0 Å². The molecular weight excluding hydrogens is 274 g/mol. The van der Waals surface area contributed by atoms with Crippen molar-refractivity contribution in [3.63, 3.8) is 0 Å². The number of imide groups is 1. The fourth-order valence-corrected chi connectivity index (χ4v) is 3.90. The van der Waals surface area contributed by atoms with Crippen molar-refractivity contribution in [2.45, 2.75) is 26.3 Å². The number of benzene rings is 2. The number of fused-ring (bicyclic) bond motifs is 2. The fourth-order valence-electron chi connectivity index (χ4n) is 3.90. The summed E-state index contributed by atoms with van der Waals surface area (Å²) in [6.07, 6.45) is 0.876. The number of hydrogen-bond donors (Lipinski definition) is 0. The smallest absolute Gasteiger partial charge is 0.262 e. The summed E-state index contributed by atoms with van der Waals surface area (Å²) in [6, 6.07) is 15.0. The zero-order valence-electron chi connectivity index (χ0n) is 12.7. The van der Waals surface area contributed by atoms with Crippen molar-refractivity contribution in [3.05, 3.63) is 70.8 Å². The van der Waals surface area contributed by atoms with E-state index in [0.717, 1.165) is 12.0 Å². The largest absolute Gasteiger partial charge is 0.269 e. The molecule has 0 N–H and O–H groups in total. The Hall–Kier alpha value is -2.42. The number of carbonyl (C=O) groups is 2. The van der Waals surface area contributed by atoms with Crippen LogP contribution in [0.25, 0.3) is 0 Å². The minimum atomic E-state index is -0.198. The van der Waals surface area contributed by atoms with E-state index in [4.69, 9.17) is 0 Å². The molecule has 1 aliphatic carbocycles. The van der Waals surface area contributed by atoms with Gasteiger partial charge in [-0.2, -0.15) is 0 Å². The highest BCUT2D eigenvalue weighted by atomic mass is 16.2. The lowest BCUT2D eigenvalue weighted by Gasteiger charge is -2.34. The Bertz CT molecular complexity index is 772. The Kier molecular flexibility index (Phi) is 2.59. The van der Waals surface area contributed by atoms with E-state index in [1.165, 1.54) is 10.5 Å². The summed E-state index contributed by atoms with van der Waals surface area (Å²) >= 11 is 0. The normalized spacial score (nSPS) is 21.9. The van der Waals surface area contributed by atoms with Gasteiger partial charge in [-0.3, -0.25) is 14.5 Å². The summed E-state index contributed by atoms with van der Waals surface area (Å²) in [5, 5.41) is 0. The molecular formula is C19H17NO2. The van der Waals surface area contributed by atoms with E-state index >= 15 is 0 Å². The Morgan fingerprint density at radius 2 is 1.45 bits per heavy atom. The molecule has 110 valence electrons. The summed E-state index contributed by atoms with van der Waals surface area (Å²) in [5.74, 6) is -0.342. The van der Waals surface area contributed by atoms with E-state index in [-0.39, 0.29) is 23.3 Å². The molecule has 1 heterocycles. The maximum absolute atomic E-state index is 12.8. The van der Waals surface area contributed by atoms with Crippen molar-refractivity contribution in [2.75, 3.05) is 0 Å². The van der Waals surface area contributed by atoms with Crippen LogP contribution in [0.15, 0.2) is 48.5 Å². The van der Waals surface area contributed by atoms with E-state index in [1.54, 1.807) is 24.3 Å². The topological polar surface area (TPSA) is 37.4 Å². The third kappa shape index (κ3) is 1.62. The van der Waals surface area contributed by atoms with E-state index < -0.39 is 0 Å². The average Bonchev–Trinajstić information content (AvgIpc) is 2.90. The summed E-state index contributed by atoms with van der Waals surface area (Å²) in [4.78, 5) is 27.1. The van der Waals surface area contributed by atoms with Gasteiger partial charge in [-0.05, 0) is 35.1 Å². The molecule has 22 heavy (non-hydrogen) atoms. The van der Waals surface area contributed by atoms with E-state index in [1.807, 2.05) is 18.2 Å². The van der Waals surface area contributed by atoms with Crippen molar-refractivity contribution in [1.29, 1.82) is 0 Å². The van der Waals surface area contributed by atoms with Crippen LogP contribution >= 0.6 is 0 Å². The molecule has 2 amide bonds. The predicted octanol–water partition coefficient (Wildman–Crippen LogP) is 3.61. The Labute approximate surface area is 129 Å². The van der Waals surface area contributed by atoms with Gasteiger partial charge < -0.3 is 0 Å². The zero-order valence-corrected chi connectivity index (χ0v) is 12.7. The molecule has 0 saturated carbocycles. The monoisotopic (exact) mass is 291 g/mol. The van der Waals surface area contributed by atoms with Gasteiger partial charge in [0.05, 0.1) is 17.2 Å². The number of carbonyl (C=O) groups excluding carboxylic acids is 2. The lowest BCUT2D eigenvalue weighted by molar-refractivity contribution is 0.0461. The Balaban J connectivity index is 1.86. The molecule has 1 unspecified atom stereocenters. The van der Waals surface area contributed by atoms with Crippen LogP contribution in [0.2, 0.25) is 0 Å². The van der Waals surface area contributed by atoms with Gasteiger partial charge in [-0.25, -0.2) is 0 Å². The molecule has 3 heteroatoms. The van der Waals surface area contributed by atoms with Crippen LogP contribution in [0.4, 0.5) is 0 Å². The quantitative estimate of drug-likeness (QED) is 0.753. The highest BCUT2D eigenvalue weighted by Gasteiger charge is 2.49.